The summed E-state index contributed by atoms with van der Waals surface area (Å²) in [6.45, 7) is 2.62. The predicted molar refractivity (Wildman–Crippen MR) is 131 cm³/mol. The fourth-order valence-electron chi connectivity index (χ4n) is 4.04. The third-order valence-electron chi connectivity index (χ3n) is 5.82. The fraction of sp³-hybridized carbons (Fsp3) is 0.200. The van der Waals surface area contributed by atoms with E-state index in [1.807, 2.05) is 68.4 Å². The summed E-state index contributed by atoms with van der Waals surface area (Å²) >= 11 is 7.54. The molecule has 0 radical (unpaired) electrons. The molecular formula is C25H22ClFN4OS. The average Bonchev–Trinajstić information content (AvgIpc) is 3.50. The van der Waals surface area contributed by atoms with Crippen molar-refractivity contribution in [1.82, 2.24) is 14.5 Å². The van der Waals surface area contributed by atoms with Crippen LogP contribution < -0.4 is 4.90 Å². The standard InChI is InChI=1S/C25H22ClFN4OS/c26-19-9-7-18(8-10-19)21-17-33-25(28-21)23-6-3-11-31(23)16-24(32)30-14-12-29(13-15-30)22-5-2-1-4-20(22)27/h1-11,17H,12-16H2. The summed E-state index contributed by atoms with van der Waals surface area (Å²) in [4.78, 5) is 21.6. The number of amides is 1. The highest BCUT2D eigenvalue weighted by Gasteiger charge is 2.23. The van der Waals surface area contributed by atoms with Gasteiger partial charge in [-0.25, -0.2) is 9.37 Å². The average molecular weight is 481 g/mol. The van der Waals surface area contributed by atoms with Gasteiger partial charge in [0.2, 0.25) is 5.91 Å². The highest BCUT2D eigenvalue weighted by molar-refractivity contribution is 7.13. The molecule has 0 aliphatic carbocycles. The molecule has 0 atom stereocenters. The van der Waals surface area contributed by atoms with Crippen molar-refractivity contribution in [1.29, 1.82) is 0 Å². The number of para-hydroxylation sites is 1. The lowest BCUT2D eigenvalue weighted by molar-refractivity contribution is -0.132. The zero-order chi connectivity index (χ0) is 22.8. The topological polar surface area (TPSA) is 41.4 Å². The van der Waals surface area contributed by atoms with Crippen LogP contribution in [-0.4, -0.2) is 46.5 Å². The Hall–Kier alpha value is -3.16. The van der Waals surface area contributed by atoms with Crippen molar-refractivity contribution in [3.05, 3.63) is 83.1 Å². The largest absolute Gasteiger partial charge is 0.366 e. The van der Waals surface area contributed by atoms with E-state index in [1.54, 1.807) is 23.5 Å². The van der Waals surface area contributed by atoms with Gasteiger partial charge in [0.15, 0.2) is 0 Å². The molecule has 2 aromatic carbocycles. The van der Waals surface area contributed by atoms with Gasteiger partial charge in [-0.1, -0.05) is 35.9 Å². The highest BCUT2D eigenvalue weighted by atomic mass is 35.5. The van der Waals surface area contributed by atoms with Crippen LogP contribution in [0, 0.1) is 5.82 Å². The summed E-state index contributed by atoms with van der Waals surface area (Å²) in [5.41, 5.74) is 3.40. The van der Waals surface area contributed by atoms with E-state index < -0.39 is 0 Å². The predicted octanol–water partition coefficient (Wildman–Crippen LogP) is 5.42. The van der Waals surface area contributed by atoms with Crippen LogP contribution in [0.4, 0.5) is 10.1 Å². The van der Waals surface area contributed by atoms with Crippen molar-refractivity contribution in [2.45, 2.75) is 6.54 Å². The fourth-order valence-corrected chi connectivity index (χ4v) is 5.04. The van der Waals surface area contributed by atoms with E-state index in [4.69, 9.17) is 16.6 Å². The number of halogens is 2. The van der Waals surface area contributed by atoms with Gasteiger partial charge in [0.25, 0.3) is 0 Å². The number of rotatable bonds is 5. The monoisotopic (exact) mass is 480 g/mol. The molecule has 5 nitrogen and oxygen atoms in total. The van der Waals surface area contributed by atoms with Gasteiger partial charge in [0.1, 0.15) is 17.4 Å². The van der Waals surface area contributed by atoms with E-state index in [1.165, 1.54) is 6.07 Å². The number of carbonyl (C=O) groups excluding carboxylic acids is 1. The first-order valence-electron chi connectivity index (χ1n) is 10.7. The van der Waals surface area contributed by atoms with Crippen molar-refractivity contribution < 1.29 is 9.18 Å². The Balaban J connectivity index is 1.25. The Morgan fingerprint density at radius 3 is 2.52 bits per heavy atom. The molecule has 3 heterocycles. The first kappa shape index (κ1) is 21.7. The van der Waals surface area contributed by atoms with Crippen LogP contribution >= 0.6 is 22.9 Å². The van der Waals surface area contributed by atoms with Crippen LogP contribution in [0.15, 0.2) is 72.2 Å². The molecule has 0 saturated carbocycles. The summed E-state index contributed by atoms with van der Waals surface area (Å²) < 4.78 is 16.0. The van der Waals surface area contributed by atoms with Crippen molar-refractivity contribution in [3.63, 3.8) is 0 Å². The normalized spacial score (nSPS) is 14.0. The van der Waals surface area contributed by atoms with Gasteiger partial charge < -0.3 is 14.4 Å². The summed E-state index contributed by atoms with van der Waals surface area (Å²) in [5.74, 6) is -0.175. The van der Waals surface area contributed by atoms with Gasteiger partial charge in [-0.3, -0.25) is 4.79 Å². The van der Waals surface area contributed by atoms with Crippen molar-refractivity contribution in [2.24, 2.45) is 0 Å². The van der Waals surface area contributed by atoms with E-state index in [-0.39, 0.29) is 18.3 Å². The summed E-state index contributed by atoms with van der Waals surface area (Å²) in [6.07, 6.45) is 1.91. The van der Waals surface area contributed by atoms with E-state index in [0.29, 0.717) is 36.9 Å². The van der Waals surface area contributed by atoms with E-state index in [0.717, 1.165) is 22.0 Å². The van der Waals surface area contributed by atoms with Crippen molar-refractivity contribution >= 4 is 34.5 Å². The minimum atomic E-state index is -0.226. The maximum absolute atomic E-state index is 14.1. The Labute approximate surface area is 200 Å². The van der Waals surface area contributed by atoms with E-state index in [9.17, 15) is 9.18 Å². The highest BCUT2D eigenvalue weighted by Crippen LogP contribution is 2.30. The Kier molecular flexibility index (Phi) is 6.15. The number of thiazole rings is 1. The zero-order valence-corrected chi connectivity index (χ0v) is 19.4. The third-order valence-corrected chi connectivity index (χ3v) is 6.94. The van der Waals surface area contributed by atoms with Gasteiger partial charge in [-0.2, -0.15) is 0 Å². The maximum atomic E-state index is 14.1. The van der Waals surface area contributed by atoms with Crippen LogP contribution in [0.3, 0.4) is 0 Å². The second-order valence-electron chi connectivity index (χ2n) is 7.89. The number of hydrogen-bond acceptors (Lipinski definition) is 4. The Morgan fingerprint density at radius 1 is 1.00 bits per heavy atom. The Morgan fingerprint density at radius 2 is 1.76 bits per heavy atom. The van der Waals surface area contributed by atoms with Crippen LogP contribution in [0.25, 0.3) is 22.0 Å². The number of carbonyl (C=O) groups is 1. The molecule has 1 amide bonds. The van der Waals surface area contributed by atoms with Crippen molar-refractivity contribution in [2.75, 3.05) is 31.1 Å². The molecule has 2 aromatic heterocycles. The molecule has 0 N–H and O–H groups in total. The van der Waals surface area contributed by atoms with Gasteiger partial charge >= 0.3 is 0 Å². The number of benzene rings is 2. The molecule has 33 heavy (non-hydrogen) atoms. The molecule has 168 valence electrons. The Bertz CT molecular complexity index is 1260. The van der Waals surface area contributed by atoms with Gasteiger partial charge in [0, 0.05) is 48.3 Å². The second kappa shape index (κ2) is 9.37. The molecule has 8 heteroatoms. The third kappa shape index (κ3) is 4.65. The summed E-state index contributed by atoms with van der Waals surface area (Å²) in [6, 6.07) is 18.3. The minimum absolute atomic E-state index is 0.0510. The van der Waals surface area contributed by atoms with E-state index >= 15 is 0 Å². The quantitative estimate of drug-likeness (QED) is 0.383. The van der Waals surface area contributed by atoms with Crippen LogP contribution in [-0.2, 0) is 11.3 Å². The van der Waals surface area contributed by atoms with Gasteiger partial charge in [0.05, 0.1) is 17.1 Å². The lowest BCUT2D eigenvalue weighted by Gasteiger charge is -2.36. The molecule has 4 aromatic rings. The molecule has 1 fully saturated rings. The smallest absolute Gasteiger partial charge is 0.242 e. The number of piperazine rings is 1. The number of aromatic nitrogens is 2. The molecule has 1 aliphatic heterocycles. The SMILES string of the molecule is O=C(Cn1cccc1-c1nc(-c2ccc(Cl)cc2)cs1)N1CCN(c2ccccc2F)CC1. The molecule has 5 rings (SSSR count). The van der Waals surface area contributed by atoms with Gasteiger partial charge in [-0.05, 0) is 36.4 Å². The zero-order valence-electron chi connectivity index (χ0n) is 17.8. The second-order valence-corrected chi connectivity index (χ2v) is 9.18. The maximum Gasteiger partial charge on any atom is 0.242 e. The van der Waals surface area contributed by atoms with Gasteiger partial charge in [-0.15, -0.1) is 11.3 Å². The molecular weight excluding hydrogens is 459 g/mol. The summed E-state index contributed by atoms with van der Waals surface area (Å²) in [7, 11) is 0. The molecule has 0 spiro atoms. The lowest BCUT2D eigenvalue weighted by Crippen LogP contribution is -2.49. The van der Waals surface area contributed by atoms with Crippen LogP contribution in [0.5, 0.6) is 0 Å². The summed E-state index contributed by atoms with van der Waals surface area (Å²) in [5, 5.41) is 3.57. The molecule has 0 unspecified atom stereocenters. The van der Waals surface area contributed by atoms with Crippen molar-refractivity contribution in [3.8, 4) is 22.0 Å². The van der Waals surface area contributed by atoms with Crippen LogP contribution in [0.2, 0.25) is 5.02 Å². The number of hydrogen-bond donors (Lipinski definition) is 0. The van der Waals surface area contributed by atoms with Crippen LogP contribution in [0.1, 0.15) is 0 Å². The number of nitrogens with zero attached hydrogens (tertiary/aromatic N) is 4. The molecule has 1 aliphatic rings. The number of anilines is 1. The molecule has 1 saturated heterocycles. The minimum Gasteiger partial charge on any atom is -0.366 e. The first-order chi connectivity index (χ1) is 16.1. The lowest BCUT2D eigenvalue weighted by atomic mass is 10.2. The first-order valence-corrected chi connectivity index (χ1v) is 12.0. The van der Waals surface area contributed by atoms with E-state index in [2.05, 4.69) is 0 Å². The molecule has 0 bridgehead atoms.